The van der Waals surface area contributed by atoms with Crippen molar-refractivity contribution in [2.75, 3.05) is 12.4 Å². The van der Waals surface area contributed by atoms with Gasteiger partial charge in [-0.1, -0.05) is 30.3 Å². The first-order chi connectivity index (χ1) is 12.2. The first-order valence-corrected chi connectivity index (χ1v) is 7.94. The van der Waals surface area contributed by atoms with Crippen molar-refractivity contribution in [3.8, 4) is 0 Å². The summed E-state index contributed by atoms with van der Waals surface area (Å²) in [6, 6.07) is 9.77. The zero-order chi connectivity index (χ0) is 17.6. The lowest BCUT2D eigenvalue weighted by molar-refractivity contribution is -0.112. The van der Waals surface area contributed by atoms with Crippen molar-refractivity contribution >= 4 is 23.8 Å². The average molecular weight is 338 g/mol. The molecule has 1 aromatic carbocycles. The largest absolute Gasteiger partial charge is 0.463 e. The highest BCUT2D eigenvalue weighted by molar-refractivity contribution is 6.11. The maximum Gasteiger partial charge on any atom is 0.375 e. The van der Waals surface area contributed by atoms with E-state index in [0.717, 1.165) is 24.0 Å². The number of aromatic amines is 1. The lowest BCUT2D eigenvalue weighted by atomic mass is 9.88. The third-order valence-corrected chi connectivity index (χ3v) is 3.86. The Morgan fingerprint density at radius 2 is 2.00 bits per heavy atom. The molecule has 1 saturated carbocycles. The topological polar surface area (TPSA) is 97.0 Å². The van der Waals surface area contributed by atoms with Crippen LogP contribution in [0.1, 0.15) is 35.4 Å². The molecule has 1 aromatic heterocycles. The van der Waals surface area contributed by atoms with Crippen LogP contribution in [0.4, 0.5) is 5.95 Å². The van der Waals surface area contributed by atoms with Crippen molar-refractivity contribution in [1.82, 2.24) is 15.2 Å². The molecule has 1 aliphatic rings. The average Bonchev–Trinajstić information content (AvgIpc) is 3.12. The third kappa shape index (κ3) is 4.00. The number of ketones is 1. The van der Waals surface area contributed by atoms with Gasteiger partial charge in [-0.25, -0.2) is 4.79 Å². The highest BCUT2D eigenvalue weighted by Gasteiger charge is 2.20. The predicted molar refractivity (Wildman–Crippen MR) is 92.7 cm³/mol. The van der Waals surface area contributed by atoms with E-state index < -0.39 is 5.97 Å². The smallest absolute Gasteiger partial charge is 0.375 e. The normalized spacial score (nSPS) is 17.7. The number of hydrogen-bond donors (Lipinski definition) is 2. The molecular weight excluding hydrogens is 320 g/mol. The lowest BCUT2D eigenvalue weighted by Crippen LogP contribution is -2.13. The molecule has 0 spiro atoms. The number of ether oxygens (including phenoxy) is 1. The van der Waals surface area contributed by atoms with Gasteiger partial charge >= 0.3 is 5.97 Å². The van der Waals surface area contributed by atoms with Gasteiger partial charge in [0.15, 0.2) is 5.78 Å². The van der Waals surface area contributed by atoms with Gasteiger partial charge in [0.1, 0.15) is 0 Å². The molecular formula is C18H18N4O3. The van der Waals surface area contributed by atoms with Crippen LogP contribution in [0.25, 0.3) is 6.08 Å². The second-order valence-corrected chi connectivity index (χ2v) is 5.58. The number of allylic oxidation sites excluding steroid dienone is 2. The van der Waals surface area contributed by atoms with Crippen LogP contribution in [0.15, 0.2) is 47.7 Å². The molecule has 128 valence electrons. The summed E-state index contributed by atoms with van der Waals surface area (Å²) >= 11 is 0. The molecule has 1 fully saturated rings. The quantitative estimate of drug-likeness (QED) is 0.657. The summed E-state index contributed by atoms with van der Waals surface area (Å²) in [6.07, 6.45) is 5.88. The lowest BCUT2D eigenvalue weighted by Gasteiger charge is -2.16. The monoisotopic (exact) mass is 338 g/mol. The van der Waals surface area contributed by atoms with Crippen molar-refractivity contribution in [1.29, 1.82) is 0 Å². The maximum absolute atomic E-state index is 12.6. The zero-order valence-electron chi connectivity index (χ0n) is 13.8. The van der Waals surface area contributed by atoms with Crippen LogP contribution in [-0.4, -0.2) is 34.0 Å². The number of methoxy groups -OCH3 is 1. The Morgan fingerprint density at radius 3 is 2.76 bits per heavy atom. The van der Waals surface area contributed by atoms with E-state index in [-0.39, 0.29) is 17.6 Å². The molecule has 1 heterocycles. The van der Waals surface area contributed by atoms with Gasteiger partial charge in [-0.05, 0) is 30.9 Å². The fourth-order valence-electron chi connectivity index (χ4n) is 2.59. The van der Waals surface area contributed by atoms with E-state index in [2.05, 4.69) is 25.2 Å². The van der Waals surface area contributed by atoms with Gasteiger partial charge in [0.25, 0.3) is 0 Å². The number of nitrogens with zero attached hydrogens (tertiary/aromatic N) is 2. The second-order valence-electron chi connectivity index (χ2n) is 5.58. The van der Waals surface area contributed by atoms with Crippen LogP contribution >= 0.6 is 0 Å². The maximum atomic E-state index is 12.6. The molecule has 0 bridgehead atoms. The Hall–Kier alpha value is -3.22. The SMILES string of the molecule is COC(=O)c1nc(N/C=C2\CCC/C(=C/c3ccccc3)C2=O)n[nH]1. The van der Waals surface area contributed by atoms with Gasteiger partial charge in [-0.15, -0.1) is 5.10 Å². The molecule has 2 aromatic rings. The fraction of sp³-hybridized carbons (Fsp3) is 0.222. The van der Waals surface area contributed by atoms with E-state index in [1.807, 2.05) is 36.4 Å². The van der Waals surface area contributed by atoms with Crippen LogP contribution in [-0.2, 0) is 9.53 Å². The number of nitrogens with one attached hydrogen (secondary N) is 2. The molecule has 0 amide bonds. The molecule has 25 heavy (non-hydrogen) atoms. The van der Waals surface area contributed by atoms with Crippen LogP contribution < -0.4 is 5.32 Å². The van der Waals surface area contributed by atoms with Gasteiger partial charge in [0.05, 0.1) is 7.11 Å². The second kappa shape index (κ2) is 7.57. The Labute approximate surface area is 144 Å². The van der Waals surface area contributed by atoms with Crippen molar-refractivity contribution in [2.24, 2.45) is 0 Å². The summed E-state index contributed by atoms with van der Waals surface area (Å²) in [5.41, 5.74) is 2.46. The van der Waals surface area contributed by atoms with E-state index in [9.17, 15) is 9.59 Å². The first kappa shape index (κ1) is 16.6. The minimum atomic E-state index is -0.602. The number of esters is 1. The van der Waals surface area contributed by atoms with Crippen molar-refractivity contribution < 1.29 is 14.3 Å². The van der Waals surface area contributed by atoms with Gasteiger partial charge in [-0.2, -0.15) is 4.98 Å². The van der Waals surface area contributed by atoms with Crippen LogP contribution in [0, 0.1) is 0 Å². The highest BCUT2D eigenvalue weighted by atomic mass is 16.5. The number of hydrogen-bond acceptors (Lipinski definition) is 6. The fourth-order valence-corrected chi connectivity index (χ4v) is 2.59. The number of benzene rings is 1. The summed E-state index contributed by atoms with van der Waals surface area (Å²) in [5.74, 6) is -0.371. The first-order valence-electron chi connectivity index (χ1n) is 7.94. The molecule has 3 rings (SSSR count). The van der Waals surface area contributed by atoms with Crippen LogP contribution in [0.3, 0.4) is 0 Å². The zero-order valence-corrected chi connectivity index (χ0v) is 13.8. The number of aromatic nitrogens is 3. The number of carbonyl (C=O) groups is 2. The summed E-state index contributed by atoms with van der Waals surface area (Å²) < 4.78 is 4.55. The molecule has 0 atom stereocenters. The molecule has 2 N–H and O–H groups in total. The Morgan fingerprint density at radius 1 is 1.24 bits per heavy atom. The summed E-state index contributed by atoms with van der Waals surface area (Å²) in [7, 11) is 1.27. The summed E-state index contributed by atoms with van der Waals surface area (Å²) in [4.78, 5) is 27.9. The van der Waals surface area contributed by atoms with Gasteiger partial charge < -0.3 is 10.1 Å². The highest BCUT2D eigenvalue weighted by Crippen LogP contribution is 2.26. The van der Waals surface area contributed by atoms with E-state index in [1.165, 1.54) is 7.11 Å². The molecule has 0 aliphatic heterocycles. The van der Waals surface area contributed by atoms with E-state index in [0.29, 0.717) is 12.0 Å². The molecule has 0 radical (unpaired) electrons. The molecule has 0 unspecified atom stereocenters. The number of H-pyrrole nitrogens is 1. The van der Waals surface area contributed by atoms with E-state index in [1.54, 1.807) is 6.20 Å². The Balaban J connectivity index is 1.72. The number of rotatable bonds is 4. The van der Waals surface area contributed by atoms with Gasteiger partial charge in [-0.3, -0.25) is 9.89 Å². The number of Topliss-reactive ketones (excluding diaryl/α,β-unsaturated/α-hetero) is 1. The van der Waals surface area contributed by atoms with Crippen molar-refractivity contribution in [3.63, 3.8) is 0 Å². The molecule has 7 nitrogen and oxygen atoms in total. The van der Waals surface area contributed by atoms with Crippen molar-refractivity contribution in [3.05, 3.63) is 59.1 Å². The van der Waals surface area contributed by atoms with E-state index >= 15 is 0 Å². The molecule has 1 aliphatic carbocycles. The molecule has 7 heteroatoms. The van der Waals surface area contributed by atoms with Crippen LogP contribution in [0.5, 0.6) is 0 Å². The molecule has 0 saturated heterocycles. The minimum Gasteiger partial charge on any atom is -0.463 e. The number of carbonyl (C=O) groups excluding carboxylic acids is 2. The van der Waals surface area contributed by atoms with E-state index in [4.69, 9.17) is 0 Å². The third-order valence-electron chi connectivity index (χ3n) is 3.86. The van der Waals surface area contributed by atoms with Gasteiger partial charge in [0.2, 0.25) is 11.8 Å². The van der Waals surface area contributed by atoms with Crippen LogP contribution in [0.2, 0.25) is 0 Å². The Bertz CT molecular complexity index is 837. The Kier molecular flexibility index (Phi) is 5.03. The standard InChI is InChI=1S/C18H18N4O3/c1-25-17(24)16-20-18(22-21-16)19-11-14-9-5-8-13(15(14)23)10-12-6-3-2-4-7-12/h2-4,6-7,10-11H,5,8-9H2,1H3,(H2,19,20,21,22)/b13-10-,14-11+. The summed E-state index contributed by atoms with van der Waals surface area (Å²) in [5, 5.41) is 9.19. The summed E-state index contributed by atoms with van der Waals surface area (Å²) in [6.45, 7) is 0. The minimum absolute atomic E-state index is 0.00281. The van der Waals surface area contributed by atoms with Crippen molar-refractivity contribution in [2.45, 2.75) is 19.3 Å². The predicted octanol–water partition coefficient (Wildman–Crippen LogP) is 2.72. The number of anilines is 1. The van der Waals surface area contributed by atoms with Gasteiger partial charge in [0, 0.05) is 17.3 Å².